The number of methoxy groups -OCH3 is 1. The van der Waals surface area contributed by atoms with E-state index in [0.717, 1.165) is 51.4 Å². The van der Waals surface area contributed by atoms with Gasteiger partial charge in [-0.2, -0.15) is 0 Å². The van der Waals surface area contributed by atoms with Crippen LogP contribution in [-0.2, 0) is 28.7 Å². The van der Waals surface area contributed by atoms with Gasteiger partial charge >= 0.3 is 23.9 Å². The molecule has 0 atom stereocenters. The van der Waals surface area contributed by atoms with Gasteiger partial charge in [-0.1, -0.05) is 25.7 Å². The van der Waals surface area contributed by atoms with Crippen LogP contribution in [0.25, 0.3) is 0 Å². The second-order valence-electron chi connectivity index (χ2n) is 7.94. The van der Waals surface area contributed by atoms with Gasteiger partial charge in [0.25, 0.3) is 0 Å². The molecule has 1 aliphatic heterocycles. The van der Waals surface area contributed by atoms with E-state index in [4.69, 9.17) is 5.11 Å². The average Bonchev–Trinajstić information content (AvgIpc) is 3.16. The lowest BCUT2D eigenvalue weighted by molar-refractivity contribution is -0.169. The maximum Gasteiger partial charge on any atom is 0.314 e. The zero-order valence-corrected chi connectivity index (χ0v) is 15.4. The summed E-state index contributed by atoms with van der Waals surface area (Å²) in [5.41, 5.74) is -0.342. The number of ether oxygens (including phenoxy) is 2. The predicted molar refractivity (Wildman–Crippen MR) is 91.0 cm³/mol. The van der Waals surface area contributed by atoms with Crippen molar-refractivity contribution >= 4 is 23.9 Å². The van der Waals surface area contributed by atoms with Gasteiger partial charge in [0, 0.05) is 0 Å². The molecule has 1 saturated heterocycles. The molecule has 0 unspecified atom stereocenters. The molecular formula is C19H28O7. The second-order valence-corrected chi connectivity index (χ2v) is 7.94. The summed E-state index contributed by atoms with van der Waals surface area (Å²) in [4.78, 5) is 43.8. The number of carbonyl (C=O) groups excluding carboxylic acids is 3. The Labute approximate surface area is 153 Å². The van der Waals surface area contributed by atoms with Crippen LogP contribution >= 0.6 is 0 Å². The van der Waals surface area contributed by atoms with Crippen molar-refractivity contribution < 1.29 is 33.8 Å². The quantitative estimate of drug-likeness (QED) is 0.600. The number of hydrogen-bond donors (Lipinski definition) is 1. The first-order valence-electron chi connectivity index (χ1n) is 9.30. The van der Waals surface area contributed by atoms with Crippen molar-refractivity contribution in [1.29, 1.82) is 0 Å². The van der Waals surface area contributed by atoms with Gasteiger partial charge in [0.15, 0.2) is 0 Å². The third-order valence-electron chi connectivity index (χ3n) is 5.87. The van der Waals surface area contributed by atoms with Crippen LogP contribution in [0.4, 0.5) is 0 Å². The van der Waals surface area contributed by atoms with Crippen molar-refractivity contribution in [3.63, 3.8) is 0 Å². The summed E-state index contributed by atoms with van der Waals surface area (Å²) in [6, 6.07) is 0. The standard InChI is InChI=1S/C10H16O4.C9H12O3/c1-14-9(13)7-10(6-8(11)12)4-2-3-5-10;10-7-5-9(3-1-2-4-9)6-8(11)12-7/h2-7H2,1H3,(H,11,12);1-6H2. The topological polar surface area (TPSA) is 107 Å². The number of carboxylic acid groups (broad SMARTS) is 1. The van der Waals surface area contributed by atoms with Crippen LogP contribution in [0, 0.1) is 10.8 Å². The molecule has 0 radical (unpaired) electrons. The third kappa shape index (κ3) is 5.54. The van der Waals surface area contributed by atoms with E-state index in [1.165, 1.54) is 7.11 Å². The summed E-state index contributed by atoms with van der Waals surface area (Å²) in [6.07, 6.45) is 9.29. The van der Waals surface area contributed by atoms with E-state index < -0.39 is 5.97 Å². The Bertz CT molecular complexity index is 536. The van der Waals surface area contributed by atoms with Crippen LogP contribution in [0.2, 0.25) is 0 Å². The van der Waals surface area contributed by atoms with Crippen LogP contribution in [0.15, 0.2) is 0 Å². The number of rotatable bonds is 4. The van der Waals surface area contributed by atoms with Gasteiger partial charge in [-0.3, -0.25) is 19.2 Å². The fourth-order valence-electron chi connectivity index (χ4n) is 4.59. The highest BCUT2D eigenvalue weighted by Crippen LogP contribution is 2.46. The molecule has 146 valence electrons. The third-order valence-corrected chi connectivity index (χ3v) is 5.87. The molecule has 0 bridgehead atoms. The van der Waals surface area contributed by atoms with Crippen molar-refractivity contribution in [1.82, 2.24) is 0 Å². The Morgan fingerprint density at radius 2 is 1.46 bits per heavy atom. The first kappa shape index (κ1) is 20.4. The molecular weight excluding hydrogens is 340 g/mol. The minimum absolute atomic E-state index is 0.00752. The molecule has 2 aliphatic carbocycles. The molecule has 7 nitrogen and oxygen atoms in total. The SMILES string of the molecule is COC(=O)CC1(CC(=O)O)CCCC1.O=C1CC2(CCCC2)CC(=O)O1. The summed E-state index contributed by atoms with van der Waals surface area (Å²) in [5, 5.41) is 8.77. The molecule has 26 heavy (non-hydrogen) atoms. The minimum Gasteiger partial charge on any atom is -0.481 e. The van der Waals surface area contributed by atoms with Crippen molar-refractivity contribution in [2.24, 2.45) is 10.8 Å². The molecule has 1 spiro atoms. The van der Waals surface area contributed by atoms with E-state index in [9.17, 15) is 19.2 Å². The maximum absolute atomic E-state index is 11.1. The van der Waals surface area contributed by atoms with E-state index in [0.29, 0.717) is 12.8 Å². The van der Waals surface area contributed by atoms with Crippen molar-refractivity contribution in [3.05, 3.63) is 0 Å². The van der Waals surface area contributed by atoms with Crippen molar-refractivity contribution in [3.8, 4) is 0 Å². The average molecular weight is 368 g/mol. The largest absolute Gasteiger partial charge is 0.481 e. The zero-order valence-electron chi connectivity index (χ0n) is 15.4. The lowest BCUT2D eigenvalue weighted by Crippen LogP contribution is -2.33. The molecule has 0 amide bonds. The van der Waals surface area contributed by atoms with Gasteiger partial charge in [0.05, 0.1) is 32.8 Å². The molecule has 1 heterocycles. The number of cyclic esters (lactones) is 2. The second kappa shape index (κ2) is 8.64. The van der Waals surface area contributed by atoms with Crippen LogP contribution in [0.1, 0.15) is 77.0 Å². The van der Waals surface area contributed by atoms with Gasteiger partial charge in [-0.25, -0.2) is 0 Å². The van der Waals surface area contributed by atoms with E-state index in [2.05, 4.69) is 9.47 Å². The molecule has 0 aromatic heterocycles. The Hall–Kier alpha value is -1.92. The van der Waals surface area contributed by atoms with Gasteiger partial charge < -0.3 is 14.6 Å². The molecule has 0 aromatic carbocycles. The van der Waals surface area contributed by atoms with Crippen molar-refractivity contribution in [2.75, 3.05) is 7.11 Å². The Morgan fingerprint density at radius 1 is 0.962 bits per heavy atom. The predicted octanol–water partition coefficient (Wildman–Crippen LogP) is 3.00. The van der Waals surface area contributed by atoms with E-state index >= 15 is 0 Å². The Balaban J connectivity index is 0.000000189. The lowest BCUT2D eigenvalue weighted by Gasteiger charge is -2.30. The van der Waals surface area contributed by atoms with E-state index in [1.54, 1.807) is 0 Å². The summed E-state index contributed by atoms with van der Waals surface area (Å²) in [7, 11) is 1.34. The summed E-state index contributed by atoms with van der Waals surface area (Å²) in [5.74, 6) is -1.77. The van der Waals surface area contributed by atoms with Crippen LogP contribution in [-0.4, -0.2) is 36.1 Å². The first-order valence-corrected chi connectivity index (χ1v) is 9.30. The van der Waals surface area contributed by atoms with Gasteiger partial charge in [0.2, 0.25) is 0 Å². The summed E-state index contributed by atoms with van der Waals surface area (Å²) in [6.45, 7) is 0. The maximum atomic E-state index is 11.1. The van der Waals surface area contributed by atoms with E-state index in [-0.39, 0.29) is 41.6 Å². The zero-order chi connectivity index (χ0) is 19.2. The molecule has 3 rings (SSSR count). The fourth-order valence-corrected chi connectivity index (χ4v) is 4.59. The molecule has 0 aromatic rings. The van der Waals surface area contributed by atoms with Crippen LogP contribution in [0.3, 0.4) is 0 Å². The van der Waals surface area contributed by atoms with Crippen molar-refractivity contribution in [2.45, 2.75) is 77.0 Å². The molecule has 3 aliphatic rings. The summed E-state index contributed by atoms with van der Waals surface area (Å²) < 4.78 is 9.08. The van der Waals surface area contributed by atoms with Crippen LogP contribution < -0.4 is 0 Å². The lowest BCUT2D eigenvalue weighted by atomic mass is 9.78. The highest BCUT2D eigenvalue weighted by molar-refractivity contribution is 5.89. The molecule has 7 heteroatoms. The highest BCUT2D eigenvalue weighted by atomic mass is 16.6. The number of aliphatic carboxylic acids is 1. The summed E-state index contributed by atoms with van der Waals surface area (Å²) >= 11 is 0. The smallest absolute Gasteiger partial charge is 0.314 e. The van der Waals surface area contributed by atoms with Gasteiger partial charge in [-0.05, 0) is 36.5 Å². The molecule has 3 fully saturated rings. The Kier molecular flexibility index (Phi) is 6.78. The first-order chi connectivity index (χ1) is 12.3. The number of esters is 3. The monoisotopic (exact) mass is 368 g/mol. The molecule has 2 saturated carbocycles. The Morgan fingerprint density at radius 3 is 1.92 bits per heavy atom. The normalized spacial score (nSPS) is 23.1. The van der Waals surface area contributed by atoms with Gasteiger partial charge in [-0.15, -0.1) is 0 Å². The number of carboxylic acids is 1. The number of carbonyl (C=O) groups is 4. The van der Waals surface area contributed by atoms with Crippen LogP contribution in [0.5, 0.6) is 0 Å². The molecule has 1 N–H and O–H groups in total. The van der Waals surface area contributed by atoms with E-state index in [1.807, 2.05) is 0 Å². The van der Waals surface area contributed by atoms with Gasteiger partial charge in [0.1, 0.15) is 0 Å². The number of hydrogen-bond acceptors (Lipinski definition) is 6. The fraction of sp³-hybridized carbons (Fsp3) is 0.789. The highest BCUT2D eigenvalue weighted by Gasteiger charge is 2.43. The minimum atomic E-state index is -0.823.